The molecule has 23 heavy (non-hydrogen) atoms. The Balaban J connectivity index is 2.05. The fourth-order valence-electron chi connectivity index (χ4n) is 2.46. The number of carbonyl (C=O) groups excluding carboxylic acids is 1. The summed E-state index contributed by atoms with van der Waals surface area (Å²) in [5.74, 6) is 0.624. The Hall–Kier alpha value is -2.34. The van der Waals surface area contributed by atoms with E-state index in [1.165, 1.54) is 0 Å². The quantitative estimate of drug-likeness (QED) is 0.763. The fraction of sp³-hybridized carbons (Fsp3) is 0.176. The van der Waals surface area contributed by atoms with Crippen molar-refractivity contribution < 1.29 is 9.53 Å². The Bertz CT molecular complexity index is 856. The molecule has 0 unspecified atom stereocenters. The van der Waals surface area contributed by atoms with E-state index in [9.17, 15) is 4.79 Å². The minimum Gasteiger partial charge on any atom is -0.497 e. The number of carbonyl (C=O) groups is 1. The average Bonchev–Trinajstić information content (AvgIpc) is 2.92. The molecule has 0 atom stereocenters. The number of hydrogen-bond donors (Lipinski definition) is 1. The van der Waals surface area contributed by atoms with Gasteiger partial charge in [-0.25, -0.2) is 0 Å². The molecule has 2 aromatic carbocycles. The van der Waals surface area contributed by atoms with Crippen LogP contribution in [0.25, 0.3) is 10.9 Å². The molecule has 0 bridgehead atoms. The molecule has 0 saturated carbocycles. The molecule has 0 aliphatic carbocycles. The van der Waals surface area contributed by atoms with Crippen molar-refractivity contribution in [3.63, 3.8) is 0 Å². The van der Waals surface area contributed by atoms with E-state index >= 15 is 0 Å². The first kappa shape index (κ1) is 15.6. The van der Waals surface area contributed by atoms with E-state index in [-0.39, 0.29) is 5.91 Å². The molecule has 1 N–H and O–H groups in total. The number of halogens is 1. The van der Waals surface area contributed by atoms with Crippen LogP contribution in [0.5, 0.6) is 5.75 Å². The third-order valence-electron chi connectivity index (χ3n) is 3.65. The van der Waals surface area contributed by atoms with Gasteiger partial charge in [-0.1, -0.05) is 28.1 Å². The van der Waals surface area contributed by atoms with Crippen molar-refractivity contribution in [2.75, 3.05) is 14.2 Å². The second kappa shape index (κ2) is 6.42. The summed E-state index contributed by atoms with van der Waals surface area (Å²) in [5, 5.41) is 7.96. The lowest BCUT2D eigenvalue weighted by molar-refractivity contribution is 0.0959. The van der Waals surface area contributed by atoms with Crippen LogP contribution in [0, 0.1) is 0 Å². The molecule has 0 saturated heterocycles. The summed E-state index contributed by atoms with van der Waals surface area (Å²) >= 11 is 3.48. The predicted octanol–water partition coefficient (Wildman–Crippen LogP) is 3.22. The second-order valence-corrected chi connectivity index (χ2v) is 6.01. The standard InChI is InChI=1S/C17H16BrN3O2/c1-19-17(22)16-14-8-5-12(18)9-15(14)21(20-16)10-11-3-6-13(23-2)7-4-11/h3-9H,10H2,1-2H3,(H,19,22). The van der Waals surface area contributed by atoms with Gasteiger partial charge in [-0.2, -0.15) is 5.10 Å². The minimum absolute atomic E-state index is 0.189. The van der Waals surface area contributed by atoms with Crippen molar-refractivity contribution in [2.24, 2.45) is 0 Å². The van der Waals surface area contributed by atoms with Crippen molar-refractivity contribution in [2.45, 2.75) is 6.54 Å². The maximum atomic E-state index is 12.0. The molecule has 0 fully saturated rings. The molecule has 6 heteroatoms. The predicted molar refractivity (Wildman–Crippen MR) is 92.9 cm³/mol. The average molecular weight is 374 g/mol. The molecule has 0 aliphatic rings. The number of ether oxygens (including phenoxy) is 1. The fourth-order valence-corrected chi connectivity index (χ4v) is 2.81. The van der Waals surface area contributed by atoms with Crippen molar-refractivity contribution in [1.82, 2.24) is 15.1 Å². The van der Waals surface area contributed by atoms with Crippen LogP contribution in [-0.4, -0.2) is 29.8 Å². The summed E-state index contributed by atoms with van der Waals surface area (Å²) in [6.07, 6.45) is 0. The molecule has 3 rings (SSSR count). The highest BCUT2D eigenvalue weighted by atomic mass is 79.9. The van der Waals surface area contributed by atoms with Gasteiger partial charge in [0.1, 0.15) is 5.75 Å². The summed E-state index contributed by atoms with van der Waals surface area (Å²) < 4.78 is 7.96. The second-order valence-electron chi connectivity index (χ2n) is 5.09. The van der Waals surface area contributed by atoms with Crippen molar-refractivity contribution >= 4 is 32.7 Å². The van der Waals surface area contributed by atoms with Crippen LogP contribution in [0.1, 0.15) is 16.1 Å². The molecule has 1 heterocycles. The maximum absolute atomic E-state index is 12.0. The molecular formula is C17H16BrN3O2. The van der Waals surface area contributed by atoms with Crippen molar-refractivity contribution in [3.05, 3.63) is 58.2 Å². The summed E-state index contributed by atoms with van der Waals surface area (Å²) in [6, 6.07) is 13.6. The lowest BCUT2D eigenvalue weighted by Crippen LogP contribution is -2.19. The minimum atomic E-state index is -0.189. The molecule has 118 valence electrons. The molecule has 1 amide bonds. The van der Waals surface area contributed by atoms with Crippen LogP contribution >= 0.6 is 15.9 Å². The number of methoxy groups -OCH3 is 1. The van der Waals surface area contributed by atoms with Crippen LogP contribution in [0.3, 0.4) is 0 Å². The third kappa shape index (κ3) is 3.07. The zero-order valence-electron chi connectivity index (χ0n) is 12.8. The van der Waals surface area contributed by atoms with E-state index in [0.717, 1.165) is 26.7 Å². The van der Waals surface area contributed by atoms with Gasteiger partial charge >= 0.3 is 0 Å². The lowest BCUT2D eigenvalue weighted by Gasteiger charge is -2.05. The maximum Gasteiger partial charge on any atom is 0.272 e. The molecule has 1 aromatic heterocycles. The van der Waals surface area contributed by atoms with Gasteiger partial charge < -0.3 is 10.1 Å². The number of rotatable bonds is 4. The van der Waals surface area contributed by atoms with Gasteiger partial charge in [-0.05, 0) is 35.9 Å². The highest BCUT2D eigenvalue weighted by Crippen LogP contribution is 2.24. The number of nitrogens with zero attached hydrogens (tertiary/aromatic N) is 2. The number of benzene rings is 2. The van der Waals surface area contributed by atoms with Gasteiger partial charge in [-0.3, -0.25) is 9.48 Å². The van der Waals surface area contributed by atoms with E-state index in [1.54, 1.807) is 14.2 Å². The van der Waals surface area contributed by atoms with Crippen LogP contribution < -0.4 is 10.1 Å². The summed E-state index contributed by atoms with van der Waals surface area (Å²) in [4.78, 5) is 12.0. The Morgan fingerprint density at radius 2 is 2.00 bits per heavy atom. The monoisotopic (exact) mass is 373 g/mol. The molecule has 0 spiro atoms. The van der Waals surface area contributed by atoms with Gasteiger partial charge in [0.05, 0.1) is 19.2 Å². The molecular weight excluding hydrogens is 358 g/mol. The Morgan fingerprint density at radius 3 is 2.65 bits per heavy atom. The summed E-state index contributed by atoms with van der Waals surface area (Å²) in [7, 11) is 3.25. The Kier molecular flexibility index (Phi) is 4.34. The molecule has 5 nitrogen and oxygen atoms in total. The molecule has 0 radical (unpaired) electrons. The Morgan fingerprint density at radius 1 is 1.26 bits per heavy atom. The largest absolute Gasteiger partial charge is 0.497 e. The van der Waals surface area contributed by atoms with Crippen LogP contribution in [0.15, 0.2) is 46.9 Å². The van der Waals surface area contributed by atoms with E-state index in [0.29, 0.717) is 12.2 Å². The zero-order valence-corrected chi connectivity index (χ0v) is 14.4. The Labute approximate surface area is 142 Å². The first-order valence-corrected chi connectivity index (χ1v) is 7.92. The van der Waals surface area contributed by atoms with Crippen LogP contribution in [0.4, 0.5) is 0 Å². The van der Waals surface area contributed by atoms with E-state index in [1.807, 2.05) is 47.1 Å². The van der Waals surface area contributed by atoms with Gasteiger partial charge in [-0.15, -0.1) is 0 Å². The molecule has 0 aliphatic heterocycles. The lowest BCUT2D eigenvalue weighted by atomic mass is 10.2. The van der Waals surface area contributed by atoms with Gasteiger partial charge in [0.15, 0.2) is 5.69 Å². The van der Waals surface area contributed by atoms with E-state index in [2.05, 4.69) is 26.3 Å². The topological polar surface area (TPSA) is 56.2 Å². The summed E-state index contributed by atoms with van der Waals surface area (Å²) in [5.41, 5.74) is 2.43. The number of amides is 1. The van der Waals surface area contributed by atoms with E-state index < -0.39 is 0 Å². The zero-order chi connectivity index (χ0) is 16.4. The van der Waals surface area contributed by atoms with Crippen LogP contribution in [0.2, 0.25) is 0 Å². The first-order valence-electron chi connectivity index (χ1n) is 7.13. The van der Waals surface area contributed by atoms with Gasteiger partial charge in [0.25, 0.3) is 5.91 Å². The smallest absolute Gasteiger partial charge is 0.272 e. The first-order chi connectivity index (χ1) is 11.1. The SMILES string of the molecule is CNC(=O)c1nn(Cc2ccc(OC)cc2)c2cc(Br)ccc12. The number of fused-ring (bicyclic) bond motifs is 1. The normalized spacial score (nSPS) is 10.7. The number of nitrogens with one attached hydrogen (secondary N) is 1. The van der Waals surface area contributed by atoms with Crippen molar-refractivity contribution in [1.29, 1.82) is 0 Å². The van der Waals surface area contributed by atoms with E-state index in [4.69, 9.17) is 4.74 Å². The van der Waals surface area contributed by atoms with Crippen LogP contribution in [-0.2, 0) is 6.54 Å². The summed E-state index contributed by atoms with van der Waals surface area (Å²) in [6.45, 7) is 0.577. The van der Waals surface area contributed by atoms with Crippen molar-refractivity contribution in [3.8, 4) is 5.75 Å². The van der Waals surface area contributed by atoms with Gasteiger partial charge in [0.2, 0.25) is 0 Å². The van der Waals surface area contributed by atoms with Gasteiger partial charge in [0, 0.05) is 16.9 Å². The highest BCUT2D eigenvalue weighted by Gasteiger charge is 2.16. The molecule has 3 aromatic rings. The number of hydrogen-bond acceptors (Lipinski definition) is 3. The third-order valence-corrected chi connectivity index (χ3v) is 4.14. The highest BCUT2D eigenvalue weighted by molar-refractivity contribution is 9.10. The number of aromatic nitrogens is 2.